The van der Waals surface area contributed by atoms with Crippen molar-refractivity contribution in [2.75, 3.05) is 0 Å². The zero-order chi connectivity index (χ0) is 14.3. The molecule has 0 aliphatic heterocycles. The molecular formula is C12H6F4N4. The Morgan fingerprint density at radius 1 is 1.00 bits per heavy atom. The molecule has 0 aromatic carbocycles. The number of nitrogens with one attached hydrogen (secondary N) is 1. The van der Waals surface area contributed by atoms with Gasteiger partial charge in [-0.2, -0.15) is 13.2 Å². The number of hydrogen-bond acceptors (Lipinski definition) is 3. The van der Waals surface area contributed by atoms with E-state index < -0.39 is 17.6 Å². The van der Waals surface area contributed by atoms with Crippen LogP contribution in [0.1, 0.15) is 5.56 Å². The molecule has 3 aromatic heterocycles. The molecule has 4 nitrogen and oxygen atoms in total. The summed E-state index contributed by atoms with van der Waals surface area (Å²) in [5.74, 6) is -0.499. The van der Waals surface area contributed by atoms with Crippen molar-refractivity contribution in [3.63, 3.8) is 0 Å². The molecule has 102 valence electrons. The second kappa shape index (κ2) is 4.26. The summed E-state index contributed by atoms with van der Waals surface area (Å²) < 4.78 is 50.8. The molecule has 0 fully saturated rings. The van der Waals surface area contributed by atoms with Gasteiger partial charge in [-0.05, 0) is 6.07 Å². The monoisotopic (exact) mass is 282 g/mol. The minimum atomic E-state index is -4.49. The first-order valence-corrected chi connectivity index (χ1v) is 5.47. The maximum absolute atomic E-state index is 12.8. The molecule has 0 unspecified atom stereocenters. The van der Waals surface area contributed by atoms with E-state index in [2.05, 4.69) is 19.9 Å². The molecule has 0 aliphatic rings. The highest BCUT2D eigenvalue weighted by Gasteiger charge is 2.31. The standard InChI is InChI=1S/C12H6F4N4/c13-7-3-18-11(19-4-7)9-5-20-10-8(9)1-6(2-17-10)12(14,15)16/h1-5H,(H,17,20). The predicted octanol–water partition coefficient (Wildman–Crippen LogP) is 3.18. The van der Waals surface area contributed by atoms with Gasteiger partial charge in [0.15, 0.2) is 11.6 Å². The molecule has 0 amide bonds. The fourth-order valence-corrected chi connectivity index (χ4v) is 1.79. The third-order valence-electron chi connectivity index (χ3n) is 2.72. The van der Waals surface area contributed by atoms with Gasteiger partial charge in [0, 0.05) is 23.3 Å². The number of halogens is 4. The first-order valence-electron chi connectivity index (χ1n) is 5.47. The molecule has 20 heavy (non-hydrogen) atoms. The average molecular weight is 282 g/mol. The number of alkyl halides is 3. The van der Waals surface area contributed by atoms with Gasteiger partial charge in [0.05, 0.1) is 18.0 Å². The Balaban J connectivity index is 2.19. The Bertz CT molecular complexity index is 761. The van der Waals surface area contributed by atoms with E-state index in [1.165, 1.54) is 6.20 Å². The number of pyridine rings is 1. The third-order valence-corrected chi connectivity index (χ3v) is 2.72. The van der Waals surface area contributed by atoms with Crippen molar-refractivity contribution in [2.24, 2.45) is 0 Å². The van der Waals surface area contributed by atoms with Crippen molar-refractivity contribution >= 4 is 11.0 Å². The summed E-state index contributed by atoms with van der Waals surface area (Å²) in [5, 5.41) is 0.228. The molecule has 3 rings (SSSR count). The molecule has 0 bridgehead atoms. The largest absolute Gasteiger partial charge is 0.417 e. The maximum Gasteiger partial charge on any atom is 0.417 e. The van der Waals surface area contributed by atoms with Crippen LogP contribution in [-0.4, -0.2) is 19.9 Å². The van der Waals surface area contributed by atoms with Crippen LogP contribution in [0.2, 0.25) is 0 Å². The van der Waals surface area contributed by atoms with E-state index in [-0.39, 0.29) is 16.9 Å². The van der Waals surface area contributed by atoms with Gasteiger partial charge in [-0.1, -0.05) is 0 Å². The van der Waals surface area contributed by atoms with E-state index in [0.717, 1.165) is 24.7 Å². The summed E-state index contributed by atoms with van der Waals surface area (Å²) in [7, 11) is 0. The van der Waals surface area contributed by atoms with Crippen LogP contribution in [0, 0.1) is 5.82 Å². The van der Waals surface area contributed by atoms with Gasteiger partial charge in [0.1, 0.15) is 5.65 Å². The summed E-state index contributed by atoms with van der Waals surface area (Å²) in [4.78, 5) is 13.9. The minimum absolute atomic E-state index is 0.124. The number of rotatable bonds is 1. The highest BCUT2D eigenvalue weighted by molar-refractivity contribution is 5.91. The molecule has 8 heteroatoms. The highest BCUT2D eigenvalue weighted by atomic mass is 19.4. The van der Waals surface area contributed by atoms with E-state index in [1.807, 2.05) is 0 Å². The fourth-order valence-electron chi connectivity index (χ4n) is 1.79. The van der Waals surface area contributed by atoms with Crippen molar-refractivity contribution < 1.29 is 17.6 Å². The van der Waals surface area contributed by atoms with E-state index in [0.29, 0.717) is 5.56 Å². The van der Waals surface area contributed by atoms with Crippen LogP contribution in [0.5, 0.6) is 0 Å². The molecule has 1 N–H and O–H groups in total. The number of aromatic nitrogens is 4. The number of hydrogen-bond donors (Lipinski definition) is 1. The normalized spacial score (nSPS) is 12.0. The summed E-state index contributed by atoms with van der Waals surface area (Å²) in [6.07, 6.45) is -0.414. The average Bonchev–Trinajstić information content (AvgIpc) is 2.81. The SMILES string of the molecule is Fc1cnc(-c2c[nH]c3ncc(C(F)(F)F)cc23)nc1. The second-order valence-electron chi connectivity index (χ2n) is 4.05. The maximum atomic E-state index is 12.8. The number of fused-ring (bicyclic) bond motifs is 1. The van der Waals surface area contributed by atoms with Crippen LogP contribution in [-0.2, 0) is 6.18 Å². The van der Waals surface area contributed by atoms with Gasteiger partial charge in [0.25, 0.3) is 0 Å². The van der Waals surface area contributed by atoms with Crippen molar-refractivity contribution in [2.45, 2.75) is 6.18 Å². The van der Waals surface area contributed by atoms with Crippen LogP contribution in [0.3, 0.4) is 0 Å². The van der Waals surface area contributed by atoms with Gasteiger partial charge in [-0.15, -0.1) is 0 Å². The molecule has 0 saturated carbocycles. The van der Waals surface area contributed by atoms with Gasteiger partial charge in [0.2, 0.25) is 0 Å². The quantitative estimate of drug-likeness (QED) is 0.697. The lowest BCUT2D eigenvalue weighted by molar-refractivity contribution is -0.137. The lowest BCUT2D eigenvalue weighted by Gasteiger charge is -2.06. The third kappa shape index (κ3) is 2.09. The van der Waals surface area contributed by atoms with Crippen molar-refractivity contribution in [1.29, 1.82) is 0 Å². The topological polar surface area (TPSA) is 54.5 Å². The molecule has 0 radical (unpaired) electrons. The predicted molar refractivity (Wildman–Crippen MR) is 62.1 cm³/mol. The summed E-state index contributed by atoms with van der Waals surface area (Å²) in [5.41, 5.74) is -0.257. The Morgan fingerprint density at radius 3 is 2.35 bits per heavy atom. The Morgan fingerprint density at radius 2 is 1.70 bits per heavy atom. The number of nitrogens with zero attached hydrogens (tertiary/aromatic N) is 3. The molecule has 0 saturated heterocycles. The van der Waals surface area contributed by atoms with Gasteiger partial charge in [-0.3, -0.25) is 0 Å². The molecule has 3 heterocycles. The van der Waals surface area contributed by atoms with E-state index >= 15 is 0 Å². The van der Waals surface area contributed by atoms with Gasteiger partial charge < -0.3 is 4.98 Å². The van der Waals surface area contributed by atoms with Crippen molar-refractivity contribution in [3.8, 4) is 11.4 Å². The van der Waals surface area contributed by atoms with Crippen LogP contribution >= 0.6 is 0 Å². The molecular weight excluding hydrogens is 276 g/mol. The summed E-state index contributed by atoms with van der Waals surface area (Å²) in [6.45, 7) is 0. The molecule has 0 atom stereocenters. The second-order valence-corrected chi connectivity index (χ2v) is 4.05. The first kappa shape index (κ1) is 12.5. The van der Waals surface area contributed by atoms with E-state index in [1.54, 1.807) is 0 Å². The summed E-state index contributed by atoms with van der Waals surface area (Å²) in [6, 6.07) is 0.959. The van der Waals surface area contributed by atoms with Gasteiger partial charge in [-0.25, -0.2) is 19.3 Å². The summed E-state index contributed by atoms with van der Waals surface area (Å²) >= 11 is 0. The van der Waals surface area contributed by atoms with Crippen LogP contribution < -0.4 is 0 Å². The number of H-pyrrole nitrogens is 1. The van der Waals surface area contributed by atoms with E-state index in [9.17, 15) is 17.6 Å². The van der Waals surface area contributed by atoms with Crippen molar-refractivity contribution in [3.05, 3.63) is 42.2 Å². The Labute approximate surface area is 109 Å². The lowest BCUT2D eigenvalue weighted by atomic mass is 10.1. The Kier molecular flexibility index (Phi) is 2.66. The zero-order valence-electron chi connectivity index (χ0n) is 9.74. The zero-order valence-corrected chi connectivity index (χ0v) is 9.74. The Hall–Kier alpha value is -2.51. The van der Waals surface area contributed by atoms with Crippen LogP contribution in [0.15, 0.2) is 30.9 Å². The number of aromatic amines is 1. The van der Waals surface area contributed by atoms with Crippen LogP contribution in [0.25, 0.3) is 22.4 Å². The van der Waals surface area contributed by atoms with Crippen LogP contribution in [0.4, 0.5) is 17.6 Å². The smallest absolute Gasteiger partial charge is 0.345 e. The van der Waals surface area contributed by atoms with E-state index in [4.69, 9.17) is 0 Å². The molecule has 0 spiro atoms. The molecule has 0 aliphatic carbocycles. The minimum Gasteiger partial charge on any atom is -0.345 e. The van der Waals surface area contributed by atoms with Gasteiger partial charge >= 0.3 is 6.18 Å². The fraction of sp³-hybridized carbons (Fsp3) is 0.0833. The lowest BCUT2D eigenvalue weighted by Crippen LogP contribution is -2.05. The highest BCUT2D eigenvalue weighted by Crippen LogP contribution is 2.33. The molecule has 3 aromatic rings. The van der Waals surface area contributed by atoms with Crippen molar-refractivity contribution in [1.82, 2.24) is 19.9 Å². The first-order chi connectivity index (χ1) is 9.45.